The lowest BCUT2D eigenvalue weighted by Crippen LogP contribution is -2.35. The van der Waals surface area contributed by atoms with Crippen molar-refractivity contribution in [3.8, 4) is 11.5 Å². The first-order valence-electron chi connectivity index (χ1n) is 18.0. The molecule has 1 aliphatic rings. The van der Waals surface area contributed by atoms with Crippen LogP contribution in [0.1, 0.15) is 125 Å². The van der Waals surface area contributed by atoms with Crippen molar-refractivity contribution in [3.05, 3.63) is 36.4 Å². The number of hydrogen-bond donors (Lipinski definition) is 0. The molecule has 1 heterocycles. The molecule has 1 aliphatic heterocycles. The van der Waals surface area contributed by atoms with Crippen LogP contribution in [0, 0.1) is 0 Å². The van der Waals surface area contributed by atoms with E-state index in [9.17, 15) is 0 Å². The number of nitrogens with zero attached hydrogens (tertiary/aromatic N) is 4. The summed E-state index contributed by atoms with van der Waals surface area (Å²) < 4.78 is 6.81. The van der Waals surface area contributed by atoms with Gasteiger partial charge >= 0.3 is 0 Å². The van der Waals surface area contributed by atoms with E-state index in [1.54, 1.807) is 0 Å². The van der Waals surface area contributed by atoms with Crippen LogP contribution in [0.25, 0.3) is 0 Å². The number of rotatable bonds is 23. The maximum atomic E-state index is 6.81. The van der Waals surface area contributed by atoms with Crippen LogP contribution in [0.2, 0.25) is 0 Å². The van der Waals surface area contributed by atoms with Crippen LogP contribution in [-0.4, -0.2) is 51.3 Å². The Bertz CT molecular complexity index is 955. The maximum Gasteiger partial charge on any atom is 0.153 e. The van der Waals surface area contributed by atoms with Gasteiger partial charge in [-0.15, -0.1) is 0 Å². The fourth-order valence-electron chi connectivity index (χ4n) is 6.02. The van der Waals surface area contributed by atoms with Gasteiger partial charge in [0.05, 0.1) is 18.0 Å². The van der Waals surface area contributed by atoms with E-state index >= 15 is 0 Å². The van der Waals surface area contributed by atoms with E-state index in [-0.39, 0.29) is 0 Å². The molecule has 0 saturated carbocycles. The SMILES string of the molecule is CCCCCCCCN(C)CN1c2ccc(N(CCCC)CCCC)cc2Oc2cc(N(CCCC)CCCC)ccc21. The van der Waals surface area contributed by atoms with Crippen LogP contribution in [0.4, 0.5) is 22.7 Å². The quantitative estimate of drug-likeness (QED) is 0.119. The Labute approximate surface area is 265 Å². The molecule has 0 spiro atoms. The average Bonchev–Trinajstić information content (AvgIpc) is 3.02. The predicted octanol–water partition coefficient (Wildman–Crippen LogP) is 11.0. The van der Waals surface area contributed by atoms with Crippen LogP contribution < -0.4 is 19.4 Å². The number of anilines is 4. The van der Waals surface area contributed by atoms with Gasteiger partial charge in [-0.25, -0.2) is 0 Å². The van der Waals surface area contributed by atoms with E-state index < -0.39 is 0 Å². The molecule has 0 amide bonds. The molecule has 2 aromatic carbocycles. The minimum absolute atomic E-state index is 0.863. The Kier molecular flexibility index (Phi) is 16.1. The summed E-state index contributed by atoms with van der Waals surface area (Å²) in [4.78, 5) is 10.1. The Morgan fingerprint density at radius 2 is 0.930 bits per heavy atom. The second-order valence-corrected chi connectivity index (χ2v) is 12.7. The summed E-state index contributed by atoms with van der Waals surface area (Å²) in [6, 6.07) is 13.9. The standard InChI is InChI=1S/C38H64N4O/c1-7-12-17-18-19-20-25-39(6)32-42-35-23-21-33(40(26-13-8-2)27-14-9-3)30-37(35)43-38-31-34(22-24-36(38)42)41(28-15-10-4)29-16-11-5/h21-24,30-31H,7-20,25-29,32H2,1-6H3. The number of fused-ring (bicyclic) bond motifs is 2. The van der Waals surface area contributed by atoms with Gasteiger partial charge < -0.3 is 19.4 Å². The van der Waals surface area contributed by atoms with Crippen LogP contribution in [0.15, 0.2) is 36.4 Å². The summed E-state index contributed by atoms with van der Waals surface area (Å²) in [6.07, 6.45) is 17.7. The van der Waals surface area contributed by atoms with Gasteiger partial charge in [0.15, 0.2) is 11.5 Å². The molecular formula is C38H64N4O. The highest BCUT2D eigenvalue weighted by molar-refractivity contribution is 5.81. The molecule has 0 aromatic heterocycles. The zero-order valence-corrected chi connectivity index (χ0v) is 28.8. The lowest BCUT2D eigenvalue weighted by Gasteiger charge is -2.37. The molecule has 0 fully saturated rings. The van der Waals surface area contributed by atoms with Gasteiger partial charge in [0.1, 0.15) is 0 Å². The highest BCUT2D eigenvalue weighted by Crippen LogP contribution is 2.49. The lowest BCUT2D eigenvalue weighted by atomic mass is 10.1. The van der Waals surface area contributed by atoms with E-state index in [2.05, 4.69) is 97.7 Å². The van der Waals surface area contributed by atoms with Crippen LogP contribution >= 0.6 is 0 Å². The molecule has 0 radical (unpaired) electrons. The van der Waals surface area contributed by atoms with Gasteiger partial charge in [0.2, 0.25) is 0 Å². The Hall–Kier alpha value is -2.40. The van der Waals surface area contributed by atoms with Gasteiger partial charge in [-0.3, -0.25) is 4.90 Å². The molecule has 0 N–H and O–H groups in total. The van der Waals surface area contributed by atoms with Gasteiger partial charge in [-0.1, -0.05) is 92.4 Å². The Balaban J connectivity index is 1.90. The molecule has 5 heteroatoms. The topological polar surface area (TPSA) is 22.2 Å². The Morgan fingerprint density at radius 3 is 1.37 bits per heavy atom. The first kappa shape index (κ1) is 35.1. The Morgan fingerprint density at radius 1 is 0.512 bits per heavy atom. The molecular weight excluding hydrogens is 528 g/mol. The van der Waals surface area contributed by atoms with Gasteiger partial charge in [-0.2, -0.15) is 0 Å². The molecule has 0 atom stereocenters. The molecule has 0 bridgehead atoms. The van der Waals surface area contributed by atoms with Gasteiger partial charge in [0.25, 0.3) is 0 Å². The van der Waals surface area contributed by atoms with Crippen molar-refractivity contribution >= 4 is 22.7 Å². The third-order valence-electron chi connectivity index (χ3n) is 8.82. The van der Waals surface area contributed by atoms with Crippen molar-refractivity contribution in [1.82, 2.24) is 4.90 Å². The molecule has 0 saturated heterocycles. The monoisotopic (exact) mass is 593 g/mol. The minimum Gasteiger partial charge on any atom is -0.453 e. The van der Waals surface area contributed by atoms with E-state index in [1.165, 1.54) is 113 Å². The summed E-state index contributed by atoms with van der Waals surface area (Å²) in [5, 5.41) is 0. The largest absolute Gasteiger partial charge is 0.453 e. The molecule has 3 rings (SSSR count). The fourth-order valence-corrected chi connectivity index (χ4v) is 6.02. The fraction of sp³-hybridized carbons (Fsp3) is 0.684. The molecule has 242 valence electrons. The van der Waals surface area contributed by atoms with Gasteiger partial charge in [0, 0.05) is 49.7 Å². The number of ether oxygens (including phenoxy) is 1. The van der Waals surface area contributed by atoms with E-state index in [4.69, 9.17) is 4.74 Å². The van der Waals surface area contributed by atoms with E-state index in [0.29, 0.717) is 0 Å². The zero-order chi connectivity index (χ0) is 30.9. The normalized spacial score (nSPS) is 12.3. The average molecular weight is 593 g/mol. The summed E-state index contributed by atoms with van der Waals surface area (Å²) in [6.45, 7) is 17.8. The van der Waals surface area contributed by atoms with Crippen molar-refractivity contribution in [1.29, 1.82) is 0 Å². The first-order chi connectivity index (χ1) is 21.1. The number of benzene rings is 2. The molecule has 43 heavy (non-hydrogen) atoms. The highest BCUT2D eigenvalue weighted by Gasteiger charge is 2.27. The molecule has 5 nitrogen and oxygen atoms in total. The third kappa shape index (κ3) is 10.9. The zero-order valence-electron chi connectivity index (χ0n) is 28.8. The van der Waals surface area contributed by atoms with Crippen molar-refractivity contribution < 1.29 is 4.74 Å². The third-order valence-corrected chi connectivity index (χ3v) is 8.82. The smallest absolute Gasteiger partial charge is 0.153 e. The predicted molar refractivity (Wildman–Crippen MR) is 190 cm³/mol. The number of unbranched alkanes of at least 4 members (excludes halogenated alkanes) is 9. The van der Waals surface area contributed by atoms with Gasteiger partial charge in [-0.05, 0) is 70.0 Å². The van der Waals surface area contributed by atoms with E-state index in [0.717, 1.165) is 50.9 Å². The van der Waals surface area contributed by atoms with Crippen molar-refractivity contribution in [2.45, 2.75) is 125 Å². The summed E-state index contributed by atoms with van der Waals surface area (Å²) in [5.74, 6) is 1.98. The molecule has 0 unspecified atom stereocenters. The first-order valence-corrected chi connectivity index (χ1v) is 18.0. The summed E-state index contributed by atoms with van der Waals surface area (Å²) in [7, 11) is 2.28. The summed E-state index contributed by atoms with van der Waals surface area (Å²) >= 11 is 0. The maximum absolute atomic E-state index is 6.81. The van der Waals surface area contributed by atoms with Crippen molar-refractivity contribution in [2.75, 3.05) is 61.1 Å². The van der Waals surface area contributed by atoms with Crippen molar-refractivity contribution in [3.63, 3.8) is 0 Å². The minimum atomic E-state index is 0.863. The highest BCUT2D eigenvalue weighted by atomic mass is 16.5. The second-order valence-electron chi connectivity index (χ2n) is 12.7. The van der Waals surface area contributed by atoms with Crippen LogP contribution in [0.5, 0.6) is 11.5 Å². The van der Waals surface area contributed by atoms with Crippen molar-refractivity contribution in [2.24, 2.45) is 0 Å². The molecule has 0 aliphatic carbocycles. The second kappa shape index (κ2) is 19.8. The summed E-state index contributed by atoms with van der Waals surface area (Å²) in [5.41, 5.74) is 4.93. The lowest BCUT2D eigenvalue weighted by molar-refractivity contribution is 0.327. The van der Waals surface area contributed by atoms with Crippen LogP contribution in [-0.2, 0) is 0 Å². The van der Waals surface area contributed by atoms with E-state index in [1.807, 2.05) is 0 Å². The molecule has 2 aromatic rings. The number of hydrogen-bond acceptors (Lipinski definition) is 5. The van der Waals surface area contributed by atoms with Crippen LogP contribution in [0.3, 0.4) is 0 Å².